The number of aryl methyl sites for hydroxylation is 2. The maximum Gasteiger partial charge on any atom is 0.194 e. The van der Waals surface area contributed by atoms with E-state index < -0.39 is 0 Å². The minimum Gasteiger partial charge on any atom is -0.394 e. The number of hydrogen-bond donors (Lipinski definition) is 2. The predicted molar refractivity (Wildman–Crippen MR) is 86.8 cm³/mol. The lowest BCUT2D eigenvalue weighted by molar-refractivity contribution is 0.104. The summed E-state index contributed by atoms with van der Waals surface area (Å²) in [5.41, 5.74) is 2.21. The van der Waals surface area contributed by atoms with Crippen LogP contribution in [0.25, 0.3) is 4.96 Å². The number of rotatable bonds is 4. The summed E-state index contributed by atoms with van der Waals surface area (Å²) in [6.45, 7) is 7.49. The molecule has 1 aliphatic carbocycles. The molecule has 0 amide bonds. The van der Waals surface area contributed by atoms with Gasteiger partial charge in [-0.05, 0) is 45.4 Å². The summed E-state index contributed by atoms with van der Waals surface area (Å²) in [6, 6.07) is 0. The van der Waals surface area contributed by atoms with Crippen molar-refractivity contribution >= 4 is 16.3 Å². The molecule has 21 heavy (non-hydrogen) atoms. The first-order valence-corrected chi connectivity index (χ1v) is 8.64. The van der Waals surface area contributed by atoms with Gasteiger partial charge in [-0.25, -0.2) is 4.98 Å². The van der Waals surface area contributed by atoms with Gasteiger partial charge in [0.1, 0.15) is 0 Å². The number of aromatic nitrogens is 2. The zero-order valence-electron chi connectivity index (χ0n) is 13.1. The van der Waals surface area contributed by atoms with Gasteiger partial charge in [0.25, 0.3) is 0 Å². The molecule has 4 nitrogen and oxygen atoms in total. The summed E-state index contributed by atoms with van der Waals surface area (Å²) in [5, 5.41) is 13.5. The Morgan fingerprint density at radius 1 is 1.43 bits per heavy atom. The lowest BCUT2D eigenvalue weighted by atomic mass is 9.77. The first-order chi connectivity index (χ1) is 10.0. The molecule has 1 aliphatic rings. The molecule has 0 radical (unpaired) electrons. The van der Waals surface area contributed by atoms with Crippen LogP contribution in [-0.4, -0.2) is 26.6 Å². The van der Waals surface area contributed by atoms with Crippen LogP contribution in [0, 0.1) is 19.8 Å². The second-order valence-corrected chi connectivity index (χ2v) is 7.83. The molecule has 0 bridgehead atoms. The van der Waals surface area contributed by atoms with Crippen LogP contribution in [0.4, 0.5) is 0 Å². The third kappa shape index (κ3) is 2.87. The van der Waals surface area contributed by atoms with Gasteiger partial charge < -0.3 is 10.4 Å². The molecule has 1 saturated carbocycles. The standard InChI is InChI=1S/C16H25N3OS/c1-11-4-6-16(10-20,7-5-11)17-8-14-13(3)18-15-19(14)9-12(2)21-15/h9,11,17,20H,4-8,10H2,1-3H3. The van der Waals surface area contributed by atoms with Crippen molar-refractivity contribution in [1.29, 1.82) is 0 Å². The van der Waals surface area contributed by atoms with Gasteiger partial charge in [0, 0.05) is 23.2 Å². The van der Waals surface area contributed by atoms with Gasteiger partial charge in [0.15, 0.2) is 4.96 Å². The summed E-state index contributed by atoms with van der Waals surface area (Å²) in [5.74, 6) is 0.786. The third-order valence-corrected chi connectivity index (χ3v) is 5.80. The van der Waals surface area contributed by atoms with E-state index in [0.29, 0.717) is 0 Å². The molecule has 2 N–H and O–H groups in total. The topological polar surface area (TPSA) is 49.6 Å². The van der Waals surface area contributed by atoms with E-state index in [4.69, 9.17) is 0 Å². The van der Waals surface area contributed by atoms with Crippen molar-refractivity contribution in [3.63, 3.8) is 0 Å². The van der Waals surface area contributed by atoms with E-state index in [1.807, 2.05) is 0 Å². The Balaban J connectivity index is 1.77. The van der Waals surface area contributed by atoms with Gasteiger partial charge >= 0.3 is 0 Å². The minimum absolute atomic E-state index is 0.103. The van der Waals surface area contributed by atoms with Crippen molar-refractivity contribution in [2.75, 3.05) is 6.61 Å². The second kappa shape index (κ2) is 5.71. The van der Waals surface area contributed by atoms with Gasteiger partial charge in [0.2, 0.25) is 0 Å². The molecule has 0 aromatic carbocycles. The van der Waals surface area contributed by atoms with Crippen LogP contribution in [0.1, 0.15) is 48.9 Å². The molecule has 116 valence electrons. The number of hydrogen-bond acceptors (Lipinski definition) is 4. The van der Waals surface area contributed by atoms with Gasteiger partial charge in [-0.15, -0.1) is 11.3 Å². The normalized spacial score (nSPS) is 26.6. The zero-order valence-corrected chi connectivity index (χ0v) is 14.0. The van der Waals surface area contributed by atoms with Crippen LogP contribution in [0.5, 0.6) is 0 Å². The fraction of sp³-hybridized carbons (Fsp3) is 0.688. The summed E-state index contributed by atoms with van der Waals surface area (Å²) < 4.78 is 2.19. The van der Waals surface area contributed by atoms with E-state index >= 15 is 0 Å². The Kier molecular flexibility index (Phi) is 4.08. The highest BCUT2D eigenvalue weighted by molar-refractivity contribution is 7.17. The number of fused-ring (bicyclic) bond motifs is 1. The van der Waals surface area contributed by atoms with Crippen molar-refractivity contribution in [1.82, 2.24) is 14.7 Å². The first-order valence-electron chi connectivity index (χ1n) is 7.83. The number of aliphatic hydroxyl groups excluding tert-OH is 1. The van der Waals surface area contributed by atoms with E-state index in [2.05, 4.69) is 41.7 Å². The average molecular weight is 307 g/mol. The van der Waals surface area contributed by atoms with Crippen molar-refractivity contribution < 1.29 is 5.11 Å². The van der Waals surface area contributed by atoms with E-state index in [0.717, 1.165) is 36.0 Å². The van der Waals surface area contributed by atoms with E-state index in [-0.39, 0.29) is 12.1 Å². The quantitative estimate of drug-likeness (QED) is 0.913. The molecular weight excluding hydrogens is 282 g/mol. The van der Waals surface area contributed by atoms with Crippen molar-refractivity contribution in [3.05, 3.63) is 22.5 Å². The Hall–Kier alpha value is -0.910. The van der Waals surface area contributed by atoms with Gasteiger partial charge in [-0.3, -0.25) is 4.40 Å². The van der Waals surface area contributed by atoms with Crippen LogP contribution in [0.3, 0.4) is 0 Å². The van der Waals surface area contributed by atoms with Crippen molar-refractivity contribution in [2.24, 2.45) is 5.92 Å². The number of thiazole rings is 1. The zero-order chi connectivity index (χ0) is 15.0. The molecule has 5 heteroatoms. The Labute approximate surface area is 130 Å². The van der Waals surface area contributed by atoms with Gasteiger partial charge in [-0.2, -0.15) is 0 Å². The first kappa shape index (κ1) is 15.0. The molecule has 0 spiro atoms. The van der Waals surface area contributed by atoms with E-state index in [1.54, 1.807) is 11.3 Å². The molecule has 0 atom stereocenters. The van der Waals surface area contributed by atoms with Crippen molar-refractivity contribution in [3.8, 4) is 0 Å². The van der Waals surface area contributed by atoms with Crippen LogP contribution < -0.4 is 5.32 Å². The maximum absolute atomic E-state index is 9.86. The summed E-state index contributed by atoms with van der Waals surface area (Å²) >= 11 is 1.73. The van der Waals surface area contributed by atoms with E-state index in [1.165, 1.54) is 23.4 Å². The van der Waals surface area contributed by atoms with E-state index in [9.17, 15) is 5.11 Å². The SMILES string of the molecule is Cc1cn2c(CNC3(CO)CCC(C)CC3)c(C)nc2s1. The highest BCUT2D eigenvalue weighted by Gasteiger charge is 2.33. The highest BCUT2D eigenvalue weighted by Crippen LogP contribution is 2.32. The maximum atomic E-state index is 9.86. The summed E-state index contributed by atoms with van der Waals surface area (Å²) in [6.07, 6.45) is 6.69. The minimum atomic E-state index is -0.103. The van der Waals surface area contributed by atoms with Crippen LogP contribution in [0.15, 0.2) is 6.20 Å². The number of aliphatic hydroxyl groups is 1. The molecule has 2 heterocycles. The second-order valence-electron chi connectivity index (χ2n) is 6.61. The number of nitrogens with one attached hydrogen (secondary N) is 1. The summed E-state index contributed by atoms with van der Waals surface area (Å²) in [4.78, 5) is 6.98. The highest BCUT2D eigenvalue weighted by atomic mass is 32.1. The molecule has 0 unspecified atom stereocenters. The average Bonchev–Trinajstić information content (AvgIpc) is 2.94. The van der Waals surface area contributed by atoms with Crippen LogP contribution >= 0.6 is 11.3 Å². The van der Waals surface area contributed by atoms with Gasteiger partial charge in [-0.1, -0.05) is 6.92 Å². The smallest absolute Gasteiger partial charge is 0.194 e. The molecule has 0 saturated heterocycles. The third-order valence-electron chi connectivity index (χ3n) is 4.91. The lowest BCUT2D eigenvalue weighted by Gasteiger charge is -2.39. The van der Waals surface area contributed by atoms with Gasteiger partial charge in [0.05, 0.1) is 18.0 Å². The fourth-order valence-electron chi connectivity index (χ4n) is 3.30. The summed E-state index contributed by atoms with van der Waals surface area (Å²) in [7, 11) is 0. The molecule has 2 aromatic rings. The van der Waals surface area contributed by atoms with Crippen LogP contribution in [-0.2, 0) is 6.54 Å². The monoisotopic (exact) mass is 307 g/mol. The molecule has 2 aromatic heterocycles. The molecule has 3 rings (SSSR count). The molecule has 0 aliphatic heterocycles. The predicted octanol–water partition coefficient (Wildman–Crippen LogP) is 3.04. The molecule has 1 fully saturated rings. The fourth-order valence-corrected chi connectivity index (χ4v) is 4.19. The van der Waals surface area contributed by atoms with Crippen LogP contribution in [0.2, 0.25) is 0 Å². The Morgan fingerprint density at radius 2 is 2.14 bits per heavy atom. The number of imidazole rings is 1. The largest absolute Gasteiger partial charge is 0.394 e. The Bertz CT molecular complexity index is 623. The Morgan fingerprint density at radius 3 is 2.81 bits per heavy atom. The lowest BCUT2D eigenvalue weighted by Crippen LogP contribution is -2.50. The van der Waals surface area contributed by atoms with Crippen molar-refractivity contribution in [2.45, 2.75) is 58.5 Å². The molecular formula is C16H25N3OS. The number of nitrogens with zero attached hydrogens (tertiary/aromatic N) is 2.